The minimum atomic E-state index is -0.250. The first-order valence-corrected chi connectivity index (χ1v) is 7.62. The SMILES string of the molecule is CNCC(Cc1cc(F)ccc1Cl)c1ccccc1Br. The molecule has 1 unspecified atom stereocenters. The molecule has 4 heteroatoms. The quantitative estimate of drug-likeness (QED) is 0.812. The second kappa shape index (κ2) is 7.21. The fourth-order valence-electron chi connectivity index (χ4n) is 2.31. The number of halogens is 3. The van der Waals surface area contributed by atoms with Gasteiger partial charge in [0, 0.05) is 22.0 Å². The van der Waals surface area contributed by atoms with E-state index >= 15 is 0 Å². The maximum absolute atomic E-state index is 13.4. The smallest absolute Gasteiger partial charge is 0.123 e. The lowest BCUT2D eigenvalue weighted by Gasteiger charge is -2.19. The summed E-state index contributed by atoms with van der Waals surface area (Å²) in [5.41, 5.74) is 2.03. The Bertz CT molecular complexity index is 588. The predicted octanol–water partition coefficient (Wildman–Crippen LogP) is 4.79. The van der Waals surface area contributed by atoms with Gasteiger partial charge in [0.1, 0.15) is 5.82 Å². The lowest BCUT2D eigenvalue weighted by Crippen LogP contribution is -2.19. The summed E-state index contributed by atoms with van der Waals surface area (Å²) in [5.74, 6) is -0.0189. The molecule has 0 aliphatic rings. The maximum Gasteiger partial charge on any atom is 0.123 e. The Hall–Kier alpha value is -0.900. The van der Waals surface area contributed by atoms with Gasteiger partial charge >= 0.3 is 0 Å². The lowest BCUT2D eigenvalue weighted by atomic mass is 9.92. The minimum Gasteiger partial charge on any atom is -0.319 e. The number of nitrogens with one attached hydrogen (secondary N) is 1. The zero-order chi connectivity index (χ0) is 14.5. The summed E-state index contributed by atoms with van der Waals surface area (Å²) in [5, 5.41) is 3.80. The molecule has 0 saturated carbocycles. The van der Waals surface area contributed by atoms with Gasteiger partial charge in [-0.25, -0.2) is 4.39 Å². The third kappa shape index (κ3) is 3.81. The fraction of sp³-hybridized carbons (Fsp3) is 0.250. The van der Waals surface area contributed by atoms with E-state index in [0.29, 0.717) is 11.4 Å². The molecule has 2 aromatic carbocycles. The van der Waals surface area contributed by atoms with E-state index in [4.69, 9.17) is 11.6 Å². The van der Waals surface area contributed by atoms with Crippen LogP contribution in [0.3, 0.4) is 0 Å². The largest absolute Gasteiger partial charge is 0.319 e. The van der Waals surface area contributed by atoms with Crippen molar-refractivity contribution in [3.8, 4) is 0 Å². The van der Waals surface area contributed by atoms with Crippen LogP contribution >= 0.6 is 27.5 Å². The van der Waals surface area contributed by atoms with Gasteiger partial charge in [0.05, 0.1) is 0 Å². The lowest BCUT2D eigenvalue weighted by molar-refractivity contribution is 0.607. The molecule has 0 fully saturated rings. The Morgan fingerprint density at radius 3 is 2.70 bits per heavy atom. The van der Waals surface area contributed by atoms with Crippen molar-refractivity contribution in [3.63, 3.8) is 0 Å². The van der Waals surface area contributed by atoms with Crippen LogP contribution in [0.1, 0.15) is 17.0 Å². The van der Waals surface area contributed by atoms with Crippen molar-refractivity contribution in [2.24, 2.45) is 0 Å². The molecule has 2 rings (SSSR count). The van der Waals surface area contributed by atoms with Crippen molar-refractivity contribution in [1.29, 1.82) is 0 Å². The van der Waals surface area contributed by atoms with Crippen molar-refractivity contribution in [3.05, 3.63) is 68.9 Å². The van der Waals surface area contributed by atoms with Crippen molar-refractivity contribution in [1.82, 2.24) is 5.32 Å². The summed E-state index contributed by atoms with van der Waals surface area (Å²) >= 11 is 9.75. The molecule has 1 N–H and O–H groups in total. The molecule has 2 aromatic rings. The number of hydrogen-bond donors (Lipinski definition) is 1. The van der Waals surface area contributed by atoms with Gasteiger partial charge in [-0.1, -0.05) is 45.7 Å². The van der Waals surface area contributed by atoms with Crippen molar-refractivity contribution >= 4 is 27.5 Å². The van der Waals surface area contributed by atoms with Crippen molar-refractivity contribution in [2.45, 2.75) is 12.3 Å². The average Bonchev–Trinajstić information content (AvgIpc) is 2.43. The number of rotatable bonds is 5. The van der Waals surface area contributed by atoms with Crippen LogP contribution in [0.2, 0.25) is 5.02 Å². The Kier molecular flexibility index (Phi) is 5.58. The predicted molar refractivity (Wildman–Crippen MR) is 85.9 cm³/mol. The third-order valence-corrected chi connectivity index (χ3v) is 4.36. The van der Waals surface area contributed by atoms with E-state index < -0.39 is 0 Å². The first-order valence-electron chi connectivity index (χ1n) is 6.44. The van der Waals surface area contributed by atoms with Gasteiger partial charge < -0.3 is 5.32 Å². The van der Waals surface area contributed by atoms with Gasteiger partial charge in [0.15, 0.2) is 0 Å². The zero-order valence-corrected chi connectivity index (χ0v) is 13.5. The van der Waals surface area contributed by atoms with E-state index in [-0.39, 0.29) is 11.7 Å². The third-order valence-electron chi connectivity index (χ3n) is 3.27. The molecule has 106 valence electrons. The first kappa shape index (κ1) is 15.5. The fourth-order valence-corrected chi connectivity index (χ4v) is 3.11. The zero-order valence-electron chi connectivity index (χ0n) is 11.2. The molecule has 0 spiro atoms. The van der Waals surface area contributed by atoms with E-state index in [1.165, 1.54) is 17.7 Å². The maximum atomic E-state index is 13.4. The Morgan fingerprint density at radius 2 is 2.00 bits per heavy atom. The number of benzene rings is 2. The van der Waals surface area contributed by atoms with Crippen LogP contribution < -0.4 is 5.32 Å². The molecule has 1 nitrogen and oxygen atoms in total. The van der Waals surface area contributed by atoms with Crippen LogP contribution in [0.5, 0.6) is 0 Å². The highest BCUT2D eigenvalue weighted by Gasteiger charge is 2.16. The van der Waals surface area contributed by atoms with E-state index in [0.717, 1.165) is 16.6 Å². The molecule has 0 aliphatic heterocycles. The summed E-state index contributed by atoms with van der Waals surface area (Å²) in [7, 11) is 1.91. The van der Waals surface area contributed by atoms with Gasteiger partial charge in [-0.2, -0.15) is 0 Å². The molecule has 0 heterocycles. The van der Waals surface area contributed by atoms with Crippen molar-refractivity contribution in [2.75, 3.05) is 13.6 Å². The molecule has 0 aromatic heterocycles. The molecule has 0 amide bonds. The monoisotopic (exact) mass is 355 g/mol. The number of likely N-dealkylation sites (N-methyl/N-ethyl adjacent to an activating group) is 1. The van der Waals surface area contributed by atoms with Gasteiger partial charge in [-0.3, -0.25) is 0 Å². The summed E-state index contributed by atoms with van der Waals surface area (Å²) in [4.78, 5) is 0. The summed E-state index contributed by atoms with van der Waals surface area (Å²) < 4.78 is 14.4. The topological polar surface area (TPSA) is 12.0 Å². The van der Waals surface area contributed by atoms with Crippen LogP contribution in [0.15, 0.2) is 46.9 Å². The molecule has 0 radical (unpaired) electrons. The van der Waals surface area contributed by atoms with Gasteiger partial charge in [-0.05, 0) is 48.9 Å². The Labute approximate surface area is 132 Å². The van der Waals surface area contributed by atoms with Crippen LogP contribution in [0.25, 0.3) is 0 Å². The van der Waals surface area contributed by atoms with Crippen LogP contribution in [0, 0.1) is 5.82 Å². The molecule has 1 atom stereocenters. The Balaban J connectivity index is 2.30. The molecular weight excluding hydrogens is 341 g/mol. The van der Waals surface area contributed by atoms with Crippen LogP contribution in [-0.4, -0.2) is 13.6 Å². The van der Waals surface area contributed by atoms with Gasteiger partial charge in [-0.15, -0.1) is 0 Å². The molecule has 0 saturated heterocycles. The van der Waals surface area contributed by atoms with Gasteiger partial charge in [0.25, 0.3) is 0 Å². The highest BCUT2D eigenvalue weighted by molar-refractivity contribution is 9.10. The van der Waals surface area contributed by atoms with E-state index in [2.05, 4.69) is 27.3 Å². The van der Waals surface area contributed by atoms with E-state index in [9.17, 15) is 4.39 Å². The molecule has 0 bridgehead atoms. The van der Waals surface area contributed by atoms with Gasteiger partial charge in [0.2, 0.25) is 0 Å². The average molecular weight is 357 g/mol. The molecular formula is C16H16BrClFN. The molecule has 0 aliphatic carbocycles. The Morgan fingerprint density at radius 1 is 1.25 bits per heavy atom. The number of hydrogen-bond acceptors (Lipinski definition) is 1. The van der Waals surface area contributed by atoms with E-state index in [1.54, 1.807) is 6.07 Å². The highest BCUT2D eigenvalue weighted by atomic mass is 79.9. The summed E-state index contributed by atoms with van der Waals surface area (Å²) in [6.07, 6.45) is 0.694. The molecule has 20 heavy (non-hydrogen) atoms. The summed E-state index contributed by atoms with van der Waals surface area (Å²) in [6.45, 7) is 0.801. The normalized spacial score (nSPS) is 12.4. The minimum absolute atomic E-state index is 0.231. The van der Waals surface area contributed by atoms with E-state index in [1.807, 2.05) is 25.2 Å². The summed E-state index contributed by atoms with van der Waals surface area (Å²) in [6, 6.07) is 12.6. The standard InChI is InChI=1S/C16H16BrClFN/c1-20-10-12(14-4-2-3-5-15(14)17)8-11-9-13(19)6-7-16(11)18/h2-7,9,12,20H,8,10H2,1H3. The van der Waals surface area contributed by atoms with Crippen molar-refractivity contribution < 1.29 is 4.39 Å². The second-order valence-electron chi connectivity index (χ2n) is 4.72. The second-order valence-corrected chi connectivity index (χ2v) is 5.98. The highest BCUT2D eigenvalue weighted by Crippen LogP contribution is 2.30. The van der Waals surface area contributed by atoms with Crippen LogP contribution in [-0.2, 0) is 6.42 Å². The van der Waals surface area contributed by atoms with Crippen LogP contribution in [0.4, 0.5) is 4.39 Å². The first-order chi connectivity index (χ1) is 9.61.